The van der Waals surface area contributed by atoms with E-state index in [0.29, 0.717) is 31.1 Å². The number of benzene rings is 1. The summed E-state index contributed by atoms with van der Waals surface area (Å²) in [6.07, 6.45) is 4.83. The molecule has 0 unspecified atom stereocenters. The van der Waals surface area contributed by atoms with Crippen LogP contribution >= 0.6 is 0 Å². The minimum Gasteiger partial charge on any atom is -0.370 e. The maximum absolute atomic E-state index is 14.7. The lowest BCUT2D eigenvalue weighted by molar-refractivity contribution is 0.0964. The molecule has 1 aliphatic rings. The summed E-state index contributed by atoms with van der Waals surface area (Å²) in [5, 5.41) is 6.12. The standard InChI is InChI=1S/C25H23FN6O2/c1-14(17-3-4-19(26)23-18(25(33)27-2)5-6-28-24(17)23)9-30-22-8-20(31-13-32-22)15-7-16-11-34-12-21(16)29-10-15/h3-8,10,13-14H,9,11-12H2,1-2H3,(H,27,33)(H,30,31,32)/t14-/m1/s1. The molecule has 5 rings (SSSR count). The first-order chi connectivity index (χ1) is 16.5. The van der Waals surface area contributed by atoms with E-state index in [1.54, 1.807) is 12.3 Å². The van der Waals surface area contributed by atoms with Gasteiger partial charge in [-0.05, 0) is 23.8 Å². The fourth-order valence-electron chi connectivity index (χ4n) is 4.14. The number of carbonyl (C=O) groups excluding carboxylic acids is 1. The van der Waals surface area contributed by atoms with Crippen LogP contribution in [0.2, 0.25) is 0 Å². The smallest absolute Gasteiger partial charge is 0.251 e. The second kappa shape index (κ2) is 9.11. The molecule has 172 valence electrons. The highest BCUT2D eigenvalue weighted by atomic mass is 19.1. The van der Waals surface area contributed by atoms with Gasteiger partial charge in [-0.1, -0.05) is 13.0 Å². The Bertz CT molecular complexity index is 1390. The quantitative estimate of drug-likeness (QED) is 0.453. The van der Waals surface area contributed by atoms with Gasteiger partial charge in [0.25, 0.3) is 5.91 Å². The normalized spacial score (nSPS) is 13.5. The van der Waals surface area contributed by atoms with Crippen molar-refractivity contribution in [3.8, 4) is 11.3 Å². The van der Waals surface area contributed by atoms with Crippen LogP contribution in [0.5, 0.6) is 0 Å². The molecule has 0 spiro atoms. The van der Waals surface area contributed by atoms with Crippen molar-refractivity contribution in [1.29, 1.82) is 0 Å². The van der Waals surface area contributed by atoms with Crippen molar-refractivity contribution >= 4 is 22.6 Å². The zero-order valence-corrected chi connectivity index (χ0v) is 18.8. The van der Waals surface area contributed by atoms with E-state index in [-0.39, 0.29) is 22.8 Å². The Morgan fingerprint density at radius 3 is 2.88 bits per heavy atom. The van der Waals surface area contributed by atoms with Gasteiger partial charge < -0.3 is 15.4 Å². The van der Waals surface area contributed by atoms with Gasteiger partial charge in [-0.15, -0.1) is 0 Å². The third-order valence-electron chi connectivity index (χ3n) is 5.98. The van der Waals surface area contributed by atoms with Crippen molar-refractivity contribution in [2.75, 3.05) is 18.9 Å². The van der Waals surface area contributed by atoms with Crippen LogP contribution in [0.15, 0.2) is 49.1 Å². The number of hydrogen-bond donors (Lipinski definition) is 2. The maximum Gasteiger partial charge on any atom is 0.251 e. The van der Waals surface area contributed by atoms with Gasteiger partial charge in [0.2, 0.25) is 0 Å². The van der Waals surface area contributed by atoms with E-state index in [1.807, 2.05) is 19.1 Å². The Hall–Kier alpha value is -3.98. The molecule has 1 aromatic carbocycles. The minimum atomic E-state index is -0.473. The molecule has 1 atom stereocenters. The average molecular weight is 458 g/mol. The lowest BCUT2D eigenvalue weighted by Gasteiger charge is -2.17. The molecule has 0 bridgehead atoms. The molecule has 0 radical (unpaired) electrons. The van der Waals surface area contributed by atoms with E-state index in [1.165, 1.54) is 31.7 Å². The number of fused-ring (bicyclic) bond motifs is 2. The van der Waals surface area contributed by atoms with Crippen molar-refractivity contribution in [2.24, 2.45) is 0 Å². The molecular formula is C25H23FN6O2. The molecule has 9 heteroatoms. The molecule has 0 fully saturated rings. The number of amides is 1. The van der Waals surface area contributed by atoms with Crippen LogP contribution in [0.1, 0.15) is 40.0 Å². The number of nitrogens with zero attached hydrogens (tertiary/aromatic N) is 4. The van der Waals surface area contributed by atoms with Gasteiger partial charge in [0.15, 0.2) is 0 Å². The number of nitrogens with one attached hydrogen (secondary N) is 2. The molecule has 0 saturated heterocycles. The number of pyridine rings is 2. The van der Waals surface area contributed by atoms with Crippen LogP contribution in [-0.2, 0) is 18.0 Å². The molecule has 34 heavy (non-hydrogen) atoms. The zero-order chi connectivity index (χ0) is 23.7. The fourth-order valence-corrected chi connectivity index (χ4v) is 4.14. The molecule has 4 aromatic rings. The Labute approximate surface area is 195 Å². The highest BCUT2D eigenvalue weighted by molar-refractivity contribution is 6.06. The zero-order valence-electron chi connectivity index (χ0n) is 18.8. The molecule has 4 heterocycles. The van der Waals surface area contributed by atoms with E-state index in [9.17, 15) is 9.18 Å². The number of carbonyl (C=O) groups is 1. The first kappa shape index (κ1) is 21.8. The van der Waals surface area contributed by atoms with E-state index < -0.39 is 5.82 Å². The van der Waals surface area contributed by atoms with Gasteiger partial charge in [-0.2, -0.15) is 0 Å². The van der Waals surface area contributed by atoms with Crippen molar-refractivity contribution in [3.05, 3.63) is 77.3 Å². The Kier molecular flexibility index (Phi) is 5.85. The van der Waals surface area contributed by atoms with Crippen molar-refractivity contribution in [3.63, 3.8) is 0 Å². The van der Waals surface area contributed by atoms with Gasteiger partial charge in [-0.25, -0.2) is 14.4 Å². The summed E-state index contributed by atoms with van der Waals surface area (Å²) in [6, 6.07) is 8.55. The Morgan fingerprint density at radius 1 is 1.15 bits per heavy atom. The summed E-state index contributed by atoms with van der Waals surface area (Å²) in [4.78, 5) is 29.8. The van der Waals surface area contributed by atoms with Gasteiger partial charge in [-0.3, -0.25) is 14.8 Å². The first-order valence-electron chi connectivity index (χ1n) is 11.0. The lowest BCUT2D eigenvalue weighted by atomic mass is 9.95. The highest BCUT2D eigenvalue weighted by Gasteiger charge is 2.19. The van der Waals surface area contributed by atoms with Gasteiger partial charge in [0.05, 0.1) is 35.7 Å². The minimum absolute atomic E-state index is 0.0345. The third kappa shape index (κ3) is 4.06. The second-order valence-corrected chi connectivity index (χ2v) is 8.19. The molecular weight excluding hydrogens is 435 g/mol. The summed E-state index contributed by atoms with van der Waals surface area (Å²) in [5.74, 6) is -0.193. The summed E-state index contributed by atoms with van der Waals surface area (Å²) in [7, 11) is 1.52. The lowest BCUT2D eigenvalue weighted by Crippen LogP contribution is -2.19. The number of rotatable bonds is 6. The van der Waals surface area contributed by atoms with Crippen LogP contribution in [0.25, 0.3) is 22.2 Å². The molecule has 2 N–H and O–H groups in total. The summed E-state index contributed by atoms with van der Waals surface area (Å²) < 4.78 is 20.1. The van der Waals surface area contributed by atoms with Crippen LogP contribution in [0, 0.1) is 5.82 Å². The van der Waals surface area contributed by atoms with E-state index in [2.05, 4.69) is 30.6 Å². The van der Waals surface area contributed by atoms with Crippen molar-refractivity contribution in [1.82, 2.24) is 25.3 Å². The number of anilines is 1. The molecule has 1 amide bonds. The summed E-state index contributed by atoms with van der Waals surface area (Å²) >= 11 is 0. The van der Waals surface area contributed by atoms with Crippen molar-refractivity contribution in [2.45, 2.75) is 26.1 Å². The van der Waals surface area contributed by atoms with Crippen molar-refractivity contribution < 1.29 is 13.9 Å². The van der Waals surface area contributed by atoms with Crippen LogP contribution < -0.4 is 10.6 Å². The molecule has 0 saturated carbocycles. The number of hydrogen-bond acceptors (Lipinski definition) is 7. The molecule has 1 aliphatic heterocycles. The predicted octanol–water partition coefficient (Wildman–Crippen LogP) is 3.83. The third-order valence-corrected chi connectivity index (χ3v) is 5.98. The SMILES string of the molecule is CNC(=O)c1ccnc2c([C@H](C)CNc3cc(-c4cnc5c(c4)COC5)ncn3)ccc(F)c12. The monoisotopic (exact) mass is 458 g/mol. The molecule has 8 nitrogen and oxygen atoms in total. The number of aromatic nitrogens is 4. The van der Waals surface area contributed by atoms with Crippen LogP contribution in [-0.4, -0.2) is 39.4 Å². The summed E-state index contributed by atoms with van der Waals surface area (Å²) in [5.41, 5.74) is 5.28. The topological polar surface area (TPSA) is 102 Å². The summed E-state index contributed by atoms with van der Waals surface area (Å²) in [6.45, 7) is 3.65. The van der Waals surface area contributed by atoms with Crippen LogP contribution in [0.4, 0.5) is 10.2 Å². The predicted molar refractivity (Wildman–Crippen MR) is 126 cm³/mol. The molecule has 0 aliphatic carbocycles. The number of halogens is 1. The van der Waals surface area contributed by atoms with Gasteiger partial charge in [0.1, 0.15) is 18.0 Å². The Balaban J connectivity index is 1.38. The second-order valence-electron chi connectivity index (χ2n) is 8.19. The Morgan fingerprint density at radius 2 is 2.03 bits per heavy atom. The fraction of sp³-hybridized carbons (Fsp3) is 0.240. The van der Waals surface area contributed by atoms with Gasteiger partial charge >= 0.3 is 0 Å². The average Bonchev–Trinajstić information content (AvgIpc) is 3.35. The van der Waals surface area contributed by atoms with Crippen LogP contribution in [0.3, 0.4) is 0 Å². The van der Waals surface area contributed by atoms with E-state index in [4.69, 9.17) is 4.74 Å². The number of ether oxygens (including phenoxy) is 1. The van der Waals surface area contributed by atoms with E-state index >= 15 is 0 Å². The first-order valence-corrected chi connectivity index (χ1v) is 11.0. The highest BCUT2D eigenvalue weighted by Crippen LogP contribution is 2.29. The molecule has 3 aromatic heterocycles. The maximum atomic E-state index is 14.7. The largest absolute Gasteiger partial charge is 0.370 e. The van der Waals surface area contributed by atoms with E-state index in [0.717, 1.165) is 28.1 Å². The van der Waals surface area contributed by atoms with Gasteiger partial charge in [0, 0.05) is 54.5 Å².